The van der Waals surface area contributed by atoms with Crippen molar-refractivity contribution in [2.45, 2.75) is 57.3 Å². The van der Waals surface area contributed by atoms with E-state index in [0.717, 1.165) is 38.0 Å². The van der Waals surface area contributed by atoms with E-state index in [1.165, 1.54) is 0 Å². The van der Waals surface area contributed by atoms with Gasteiger partial charge in [-0.1, -0.05) is 30.3 Å². The zero-order valence-corrected chi connectivity index (χ0v) is 23.6. The molecule has 4 saturated heterocycles. The van der Waals surface area contributed by atoms with Crippen molar-refractivity contribution >= 4 is 18.0 Å². The van der Waals surface area contributed by atoms with Gasteiger partial charge in [-0.3, -0.25) is 14.5 Å². The molecular weight excluding hydrogens is 510 g/mol. The maximum absolute atomic E-state index is 13.3. The van der Waals surface area contributed by atoms with Crippen molar-refractivity contribution in [2.24, 2.45) is 5.92 Å². The zero-order valence-electron chi connectivity index (χ0n) is 23.6. The summed E-state index contributed by atoms with van der Waals surface area (Å²) >= 11 is 0. The third kappa shape index (κ3) is 6.58. The van der Waals surface area contributed by atoms with Crippen LogP contribution < -0.4 is 10.1 Å². The van der Waals surface area contributed by atoms with E-state index < -0.39 is 17.2 Å². The van der Waals surface area contributed by atoms with Crippen molar-refractivity contribution < 1.29 is 28.6 Å². The minimum absolute atomic E-state index is 0.0852. The molecule has 0 aromatic heterocycles. The zero-order chi connectivity index (χ0) is 28.3. The second kappa shape index (κ2) is 11.5. The monoisotopic (exact) mass is 549 g/mol. The third-order valence-electron chi connectivity index (χ3n) is 7.83. The number of carbonyl (C=O) groups is 3. The lowest BCUT2D eigenvalue weighted by atomic mass is 9.82. The van der Waals surface area contributed by atoms with Crippen LogP contribution in [0.25, 0.3) is 0 Å². The fourth-order valence-corrected chi connectivity index (χ4v) is 5.77. The molecule has 2 aromatic carbocycles. The lowest BCUT2D eigenvalue weighted by Gasteiger charge is -2.51. The summed E-state index contributed by atoms with van der Waals surface area (Å²) in [6.45, 7) is 9.31. The SMILES string of the molecule is CC(C)(C)OC(=O)CCOc1ccc(C(=O)N2CC(NC(=O)O[C@H]3CN4CCC3CC4)(c3ccccc3)C2)cc1. The van der Waals surface area contributed by atoms with Gasteiger partial charge < -0.3 is 24.4 Å². The van der Waals surface area contributed by atoms with Crippen LogP contribution in [-0.2, 0) is 19.8 Å². The summed E-state index contributed by atoms with van der Waals surface area (Å²) in [5.41, 5.74) is 0.235. The number of piperidine rings is 3. The van der Waals surface area contributed by atoms with Gasteiger partial charge in [0.15, 0.2) is 0 Å². The maximum atomic E-state index is 13.3. The van der Waals surface area contributed by atoms with Crippen LogP contribution in [0.2, 0.25) is 0 Å². The highest BCUT2D eigenvalue weighted by molar-refractivity contribution is 5.95. The Bertz CT molecular complexity index is 1200. The number of benzene rings is 2. The van der Waals surface area contributed by atoms with Crippen molar-refractivity contribution in [1.29, 1.82) is 0 Å². The number of nitrogens with zero attached hydrogens (tertiary/aromatic N) is 2. The fourth-order valence-electron chi connectivity index (χ4n) is 5.77. The first-order valence-corrected chi connectivity index (χ1v) is 14.1. The van der Waals surface area contributed by atoms with Gasteiger partial charge in [-0.2, -0.15) is 0 Å². The predicted octanol–water partition coefficient (Wildman–Crippen LogP) is 3.97. The molecule has 214 valence electrons. The Kier molecular flexibility index (Phi) is 8.03. The minimum Gasteiger partial charge on any atom is -0.493 e. The Labute approximate surface area is 235 Å². The topological polar surface area (TPSA) is 97.4 Å². The summed E-state index contributed by atoms with van der Waals surface area (Å²) in [7, 11) is 0. The van der Waals surface area contributed by atoms with Gasteiger partial charge in [0, 0.05) is 12.1 Å². The van der Waals surface area contributed by atoms with E-state index in [1.807, 2.05) is 51.1 Å². The molecule has 2 bridgehead atoms. The molecule has 9 nitrogen and oxygen atoms in total. The minimum atomic E-state index is -0.702. The Morgan fingerprint density at radius 2 is 1.65 bits per heavy atom. The van der Waals surface area contributed by atoms with Gasteiger partial charge in [0.1, 0.15) is 23.0 Å². The van der Waals surface area contributed by atoms with E-state index in [-0.39, 0.29) is 31.0 Å². The van der Waals surface area contributed by atoms with Crippen molar-refractivity contribution in [3.8, 4) is 5.75 Å². The molecule has 0 aliphatic carbocycles. The van der Waals surface area contributed by atoms with Crippen molar-refractivity contribution in [1.82, 2.24) is 15.1 Å². The van der Waals surface area contributed by atoms with Crippen LogP contribution in [0.4, 0.5) is 4.79 Å². The molecule has 2 aromatic rings. The van der Waals surface area contributed by atoms with E-state index in [4.69, 9.17) is 14.2 Å². The number of hydrogen-bond acceptors (Lipinski definition) is 7. The molecule has 4 heterocycles. The van der Waals surface area contributed by atoms with Crippen LogP contribution in [0.1, 0.15) is 56.0 Å². The summed E-state index contributed by atoms with van der Waals surface area (Å²) in [5, 5.41) is 3.11. The first-order valence-electron chi connectivity index (χ1n) is 14.1. The Morgan fingerprint density at radius 1 is 0.975 bits per heavy atom. The van der Waals surface area contributed by atoms with Gasteiger partial charge in [-0.15, -0.1) is 0 Å². The smallest absolute Gasteiger partial charge is 0.408 e. The standard InChI is InChI=1S/C31H39N3O6/c1-30(2,3)40-27(35)15-18-38-25-11-9-23(10-12-25)28(36)34-20-31(21-34,24-7-5-4-6-8-24)32-29(37)39-26-19-33-16-13-22(26)14-17-33/h4-12,22,26H,13-21H2,1-3H3,(H,32,37)/t26-/m0/s1. The molecule has 0 unspecified atom stereocenters. The normalized spacial score (nSPS) is 23.1. The highest BCUT2D eigenvalue weighted by Gasteiger charge is 2.49. The van der Waals surface area contributed by atoms with Crippen molar-refractivity contribution in [2.75, 3.05) is 39.3 Å². The van der Waals surface area contributed by atoms with Crippen LogP contribution in [0.15, 0.2) is 54.6 Å². The van der Waals surface area contributed by atoms with Gasteiger partial charge in [0.2, 0.25) is 0 Å². The molecular formula is C31H39N3O6. The highest BCUT2D eigenvalue weighted by Crippen LogP contribution is 2.35. The number of likely N-dealkylation sites (tertiary alicyclic amines) is 1. The predicted molar refractivity (Wildman–Crippen MR) is 149 cm³/mol. The molecule has 6 rings (SSSR count). The third-order valence-corrected chi connectivity index (χ3v) is 7.83. The summed E-state index contributed by atoms with van der Waals surface area (Å²) in [5.74, 6) is 0.547. The first kappa shape index (κ1) is 28.0. The molecule has 1 atom stereocenters. The van der Waals surface area contributed by atoms with Gasteiger partial charge in [0.05, 0.1) is 26.1 Å². The highest BCUT2D eigenvalue weighted by atomic mass is 16.6. The summed E-state index contributed by atoms with van der Waals surface area (Å²) < 4.78 is 16.8. The number of rotatable bonds is 8. The van der Waals surface area contributed by atoms with Crippen molar-refractivity contribution in [3.63, 3.8) is 0 Å². The molecule has 0 saturated carbocycles. The first-order chi connectivity index (χ1) is 19.1. The average Bonchev–Trinajstić information content (AvgIpc) is 2.91. The molecule has 40 heavy (non-hydrogen) atoms. The number of esters is 1. The second-order valence-corrected chi connectivity index (χ2v) is 12.0. The van der Waals surface area contributed by atoms with E-state index in [2.05, 4.69) is 10.2 Å². The average molecular weight is 550 g/mol. The number of ether oxygens (including phenoxy) is 3. The van der Waals surface area contributed by atoms with Crippen molar-refractivity contribution in [3.05, 3.63) is 65.7 Å². The number of hydrogen-bond donors (Lipinski definition) is 1. The van der Waals surface area contributed by atoms with E-state index in [1.54, 1.807) is 29.2 Å². The Balaban J connectivity index is 1.16. The number of alkyl carbamates (subject to hydrolysis) is 1. The van der Waals surface area contributed by atoms with E-state index in [9.17, 15) is 14.4 Å². The molecule has 9 heteroatoms. The molecule has 1 N–H and O–H groups in total. The van der Waals surface area contributed by atoms with Crippen LogP contribution in [0.5, 0.6) is 5.75 Å². The van der Waals surface area contributed by atoms with E-state index in [0.29, 0.717) is 30.3 Å². The second-order valence-electron chi connectivity index (χ2n) is 12.0. The molecule has 0 spiro atoms. The Morgan fingerprint density at radius 3 is 2.25 bits per heavy atom. The van der Waals surface area contributed by atoms with Crippen LogP contribution in [0, 0.1) is 5.92 Å². The van der Waals surface area contributed by atoms with Gasteiger partial charge >= 0.3 is 12.1 Å². The lowest BCUT2D eigenvalue weighted by Crippen LogP contribution is -2.69. The maximum Gasteiger partial charge on any atom is 0.408 e. The molecule has 4 aliphatic heterocycles. The largest absolute Gasteiger partial charge is 0.493 e. The Hall–Kier alpha value is -3.59. The number of amides is 2. The van der Waals surface area contributed by atoms with Crippen LogP contribution in [-0.4, -0.2) is 78.8 Å². The number of nitrogens with one attached hydrogen (secondary N) is 1. The lowest BCUT2D eigenvalue weighted by molar-refractivity contribution is -0.155. The number of carbonyl (C=O) groups excluding carboxylic acids is 3. The van der Waals surface area contributed by atoms with E-state index >= 15 is 0 Å². The fraction of sp³-hybridized carbons (Fsp3) is 0.516. The summed E-state index contributed by atoms with van der Waals surface area (Å²) in [6.07, 6.45) is 1.76. The molecule has 4 aliphatic rings. The summed E-state index contributed by atoms with van der Waals surface area (Å²) in [6, 6.07) is 16.6. The molecule has 4 fully saturated rings. The molecule has 0 radical (unpaired) electrons. The van der Waals surface area contributed by atoms with Crippen LogP contribution in [0.3, 0.4) is 0 Å². The van der Waals surface area contributed by atoms with Crippen LogP contribution >= 0.6 is 0 Å². The summed E-state index contributed by atoms with van der Waals surface area (Å²) in [4.78, 5) is 42.3. The molecule has 2 amide bonds. The van der Waals surface area contributed by atoms with Gasteiger partial charge in [0.25, 0.3) is 5.91 Å². The van der Waals surface area contributed by atoms with Gasteiger partial charge in [-0.25, -0.2) is 4.79 Å². The number of fused-ring (bicyclic) bond motifs is 3. The quantitative estimate of drug-likeness (QED) is 0.498. The van der Waals surface area contributed by atoms with Gasteiger partial charge in [-0.05, 0) is 82.4 Å².